The zero-order chi connectivity index (χ0) is 12.4. The molecule has 1 unspecified atom stereocenters. The van der Waals surface area contributed by atoms with E-state index in [1.54, 1.807) is 6.08 Å². The van der Waals surface area contributed by atoms with Gasteiger partial charge in [0.1, 0.15) is 0 Å². The van der Waals surface area contributed by atoms with Crippen LogP contribution in [0.15, 0.2) is 12.7 Å². The van der Waals surface area contributed by atoms with Crippen LogP contribution >= 0.6 is 0 Å². The van der Waals surface area contributed by atoms with Gasteiger partial charge < -0.3 is 5.11 Å². The Kier molecular flexibility index (Phi) is 8.91. The second-order valence-electron chi connectivity index (χ2n) is 4.31. The number of carbonyl (C=O) groups is 1. The number of hydrogen-bond acceptors (Lipinski definition) is 2. The second kappa shape index (κ2) is 9.40. The van der Waals surface area contributed by atoms with Crippen LogP contribution in [0, 0.1) is 0 Å². The SMILES string of the molecule is C=CCN(CC(=O)O)C(C)CCCCCC. The molecule has 0 aromatic heterocycles. The minimum Gasteiger partial charge on any atom is -0.480 e. The van der Waals surface area contributed by atoms with Gasteiger partial charge in [-0.25, -0.2) is 0 Å². The lowest BCUT2D eigenvalue weighted by atomic mass is 10.1. The fraction of sp³-hybridized carbons (Fsp3) is 0.769. The zero-order valence-electron chi connectivity index (χ0n) is 10.6. The molecule has 0 heterocycles. The molecule has 0 aliphatic rings. The van der Waals surface area contributed by atoms with Crippen LogP contribution in [0.4, 0.5) is 0 Å². The predicted octanol–water partition coefficient (Wildman–Crippen LogP) is 2.92. The molecule has 0 fully saturated rings. The summed E-state index contributed by atoms with van der Waals surface area (Å²) < 4.78 is 0. The molecule has 0 bridgehead atoms. The van der Waals surface area contributed by atoms with Gasteiger partial charge in [0.05, 0.1) is 6.54 Å². The number of hydrogen-bond donors (Lipinski definition) is 1. The summed E-state index contributed by atoms with van der Waals surface area (Å²) in [5.74, 6) is -0.762. The quantitative estimate of drug-likeness (QED) is 0.461. The summed E-state index contributed by atoms with van der Waals surface area (Å²) in [4.78, 5) is 12.6. The molecule has 0 radical (unpaired) electrons. The van der Waals surface area contributed by atoms with Crippen LogP contribution in [0.3, 0.4) is 0 Å². The standard InChI is InChI=1S/C13H25NO2/c1-4-6-7-8-9-12(3)14(10-5-2)11-13(15)16/h5,12H,2,4,6-11H2,1,3H3,(H,15,16). The molecule has 1 N–H and O–H groups in total. The van der Waals surface area contributed by atoms with Crippen LogP contribution in [-0.4, -0.2) is 35.1 Å². The molecule has 0 aromatic carbocycles. The molecular formula is C13H25NO2. The largest absolute Gasteiger partial charge is 0.480 e. The summed E-state index contributed by atoms with van der Waals surface area (Å²) in [6, 6.07) is 0.325. The number of carboxylic acids is 1. The monoisotopic (exact) mass is 227 g/mol. The molecule has 0 aromatic rings. The van der Waals surface area contributed by atoms with Crippen molar-refractivity contribution in [3.8, 4) is 0 Å². The molecule has 1 atom stereocenters. The van der Waals surface area contributed by atoms with E-state index in [0.717, 1.165) is 6.42 Å². The van der Waals surface area contributed by atoms with Crippen LogP contribution in [0.25, 0.3) is 0 Å². The highest BCUT2D eigenvalue weighted by Crippen LogP contribution is 2.10. The Hall–Kier alpha value is -0.830. The van der Waals surface area contributed by atoms with Crippen LogP contribution in [-0.2, 0) is 4.79 Å². The highest BCUT2D eigenvalue weighted by Gasteiger charge is 2.14. The molecule has 3 heteroatoms. The molecule has 0 amide bonds. The predicted molar refractivity (Wildman–Crippen MR) is 67.6 cm³/mol. The first-order chi connectivity index (χ1) is 7.61. The fourth-order valence-electron chi connectivity index (χ4n) is 1.79. The van der Waals surface area contributed by atoms with Crippen LogP contribution in [0.2, 0.25) is 0 Å². The third-order valence-electron chi connectivity index (χ3n) is 2.80. The Bertz CT molecular complexity index is 204. The van der Waals surface area contributed by atoms with Crippen molar-refractivity contribution in [3.05, 3.63) is 12.7 Å². The second-order valence-corrected chi connectivity index (χ2v) is 4.31. The van der Waals surface area contributed by atoms with E-state index in [9.17, 15) is 4.79 Å². The minimum atomic E-state index is -0.762. The van der Waals surface area contributed by atoms with E-state index in [4.69, 9.17) is 5.11 Å². The molecule has 3 nitrogen and oxygen atoms in total. The van der Waals surface area contributed by atoms with E-state index < -0.39 is 5.97 Å². The van der Waals surface area contributed by atoms with Gasteiger partial charge in [0.2, 0.25) is 0 Å². The van der Waals surface area contributed by atoms with Gasteiger partial charge in [0.15, 0.2) is 0 Å². The first-order valence-electron chi connectivity index (χ1n) is 6.18. The van der Waals surface area contributed by atoms with Crippen molar-refractivity contribution < 1.29 is 9.90 Å². The summed E-state index contributed by atoms with van der Waals surface area (Å²) >= 11 is 0. The van der Waals surface area contributed by atoms with Crippen molar-refractivity contribution >= 4 is 5.97 Å². The molecule has 0 spiro atoms. The third kappa shape index (κ3) is 7.46. The van der Waals surface area contributed by atoms with Gasteiger partial charge >= 0.3 is 5.97 Å². The smallest absolute Gasteiger partial charge is 0.317 e. The Labute approximate surface area is 99.1 Å². The normalized spacial score (nSPS) is 12.7. The average molecular weight is 227 g/mol. The van der Waals surface area contributed by atoms with Crippen molar-refractivity contribution in [3.63, 3.8) is 0 Å². The lowest BCUT2D eigenvalue weighted by Gasteiger charge is -2.26. The van der Waals surface area contributed by atoms with Crippen molar-refractivity contribution in [1.29, 1.82) is 0 Å². The Morgan fingerprint density at radius 3 is 2.62 bits per heavy atom. The minimum absolute atomic E-state index is 0.112. The number of nitrogens with zero attached hydrogens (tertiary/aromatic N) is 1. The Balaban J connectivity index is 3.90. The highest BCUT2D eigenvalue weighted by molar-refractivity contribution is 5.69. The summed E-state index contributed by atoms with van der Waals surface area (Å²) in [5, 5.41) is 8.79. The zero-order valence-corrected chi connectivity index (χ0v) is 10.6. The molecule has 0 saturated heterocycles. The number of rotatable bonds is 10. The van der Waals surface area contributed by atoms with E-state index in [0.29, 0.717) is 12.6 Å². The van der Waals surface area contributed by atoms with E-state index in [1.165, 1.54) is 25.7 Å². The summed E-state index contributed by atoms with van der Waals surface area (Å²) in [6.07, 6.45) is 7.78. The molecule has 0 aliphatic carbocycles. The van der Waals surface area contributed by atoms with Crippen LogP contribution < -0.4 is 0 Å². The van der Waals surface area contributed by atoms with Gasteiger partial charge in [0.25, 0.3) is 0 Å². The summed E-state index contributed by atoms with van der Waals surface area (Å²) in [5.41, 5.74) is 0. The topological polar surface area (TPSA) is 40.5 Å². The Morgan fingerprint density at radius 2 is 2.12 bits per heavy atom. The molecular weight excluding hydrogens is 202 g/mol. The van der Waals surface area contributed by atoms with Crippen LogP contribution in [0.5, 0.6) is 0 Å². The summed E-state index contributed by atoms with van der Waals surface area (Å²) in [6.45, 7) is 8.72. The third-order valence-corrected chi connectivity index (χ3v) is 2.80. The van der Waals surface area contributed by atoms with E-state index >= 15 is 0 Å². The van der Waals surface area contributed by atoms with Gasteiger partial charge in [-0.3, -0.25) is 9.69 Å². The lowest BCUT2D eigenvalue weighted by molar-refractivity contribution is -0.138. The van der Waals surface area contributed by atoms with Crippen molar-refractivity contribution in [2.45, 2.75) is 52.0 Å². The van der Waals surface area contributed by atoms with Gasteiger partial charge in [-0.05, 0) is 13.3 Å². The highest BCUT2D eigenvalue weighted by atomic mass is 16.4. The van der Waals surface area contributed by atoms with Crippen molar-refractivity contribution in [2.75, 3.05) is 13.1 Å². The maximum atomic E-state index is 10.7. The van der Waals surface area contributed by atoms with E-state index in [-0.39, 0.29) is 6.54 Å². The van der Waals surface area contributed by atoms with E-state index in [2.05, 4.69) is 20.4 Å². The fourth-order valence-corrected chi connectivity index (χ4v) is 1.79. The van der Waals surface area contributed by atoms with E-state index in [1.807, 2.05) is 4.90 Å². The molecule has 0 aliphatic heterocycles. The molecule has 94 valence electrons. The van der Waals surface area contributed by atoms with Crippen molar-refractivity contribution in [2.24, 2.45) is 0 Å². The molecule has 0 saturated carbocycles. The van der Waals surface area contributed by atoms with Gasteiger partial charge in [-0.2, -0.15) is 0 Å². The average Bonchev–Trinajstić information content (AvgIpc) is 2.23. The summed E-state index contributed by atoms with van der Waals surface area (Å²) in [7, 11) is 0. The lowest BCUT2D eigenvalue weighted by Crippen LogP contribution is -2.37. The first kappa shape index (κ1) is 15.2. The molecule has 0 rings (SSSR count). The van der Waals surface area contributed by atoms with Crippen LogP contribution in [0.1, 0.15) is 46.0 Å². The van der Waals surface area contributed by atoms with Gasteiger partial charge in [0, 0.05) is 12.6 Å². The van der Waals surface area contributed by atoms with Crippen molar-refractivity contribution in [1.82, 2.24) is 4.90 Å². The number of unbranched alkanes of at least 4 members (excludes halogenated alkanes) is 3. The first-order valence-corrected chi connectivity index (χ1v) is 6.18. The van der Waals surface area contributed by atoms with Gasteiger partial charge in [-0.15, -0.1) is 6.58 Å². The maximum absolute atomic E-state index is 10.7. The number of carboxylic acid groups (broad SMARTS) is 1. The number of aliphatic carboxylic acids is 1. The maximum Gasteiger partial charge on any atom is 0.317 e. The molecule has 16 heavy (non-hydrogen) atoms. The Morgan fingerprint density at radius 1 is 1.44 bits per heavy atom. The van der Waals surface area contributed by atoms with Gasteiger partial charge in [-0.1, -0.05) is 38.7 Å².